The van der Waals surface area contributed by atoms with Crippen LogP contribution in [-0.4, -0.2) is 29.9 Å². The first-order chi connectivity index (χ1) is 16.9. The molecule has 4 rings (SSSR count). The van der Waals surface area contributed by atoms with Gasteiger partial charge in [-0.1, -0.05) is 69.3 Å². The van der Waals surface area contributed by atoms with Crippen molar-refractivity contribution in [2.24, 2.45) is 0 Å². The van der Waals surface area contributed by atoms with Gasteiger partial charge in [-0.3, -0.25) is 9.59 Å². The molecule has 1 amide bonds. The molecule has 1 aliphatic heterocycles. The average molecular weight is 486 g/mol. The Hall–Kier alpha value is -3.44. The van der Waals surface area contributed by atoms with Crippen LogP contribution in [0.25, 0.3) is 0 Å². The van der Waals surface area contributed by atoms with Crippen LogP contribution in [0, 0.1) is 20.8 Å². The van der Waals surface area contributed by atoms with E-state index in [1.807, 2.05) is 63.2 Å². The van der Waals surface area contributed by atoms with Crippen molar-refractivity contribution >= 4 is 17.4 Å². The topological polar surface area (TPSA) is 66.8 Å². The maximum Gasteiger partial charge on any atom is 0.264 e. The van der Waals surface area contributed by atoms with Gasteiger partial charge in [0.1, 0.15) is 12.4 Å². The molecule has 1 N–H and O–H groups in total. The predicted molar refractivity (Wildman–Crippen MR) is 143 cm³/mol. The van der Waals surface area contributed by atoms with Gasteiger partial charge in [0.15, 0.2) is 11.4 Å². The van der Waals surface area contributed by atoms with Gasteiger partial charge < -0.3 is 14.7 Å². The van der Waals surface area contributed by atoms with Gasteiger partial charge in [0, 0.05) is 11.1 Å². The van der Waals surface area contributed by atoms with Crippen molar-refractivity contribution in [1.29, 1.82) is 0 Å². The van der Waals surface area contributed by atoms with E-state index < -0.39 is 11.5 Å². The molecule has 188 valence electrons. The smallest absolute Gasteiger partial charge is 0.264 e. The van der Waals surface area contributed by atoms with Crippen molar-refractivity contribution in [2.75, 3.05) is 18.1 Å². The fourth-order valence-corrected chi connectivity index (χ4v) is 5.02. The molecule has 1 unspecified atom stereocenters. The number of fused-ring (bicyclic) bond motifs is 1. The summed E-state index contributed by atoms with van der Waals surface area (Å²) in [6.07, 6.45) is -0.311. The third kappa shape index (κ3) is 4.68. The number of nitrogens with zero attached hydrogens (tertiary/aromatic N) is 1. The van der Waals surface area contributed by atoms with Gasteiger partial charge in [0.25, 0.3) is 5.91 Å². The lowest BCUT2D eigenvalue weighted by Crippen LogP contribution is -2.43. The number of anilines is 1. The van der Waals surface area contributed by atoms with Gasteiger partial charge in [-0.05, 0) is 60.6 Å². The molecule has 3 aromatic rings. The second-order valence-electron chi connectivity index (χ2n) is 10.8. The number of aryl methyl sites for hydroxylation is 3. The monoisotopic (exact) mass is 485 g/mol. The SMILES string of the molecule is Cc1ccccc1OCCN1C(=O)C(O)(CC(=O)c2c(C)cc(C(C)(C)C)cc2C)c2ccccc21. The summed E-state index contributed by atoms with van der Waals surface area (Å²) in [6.45, 7) is 12.7. The van der Waals surface area contributed by atoms with Crippen LogP contribution in [0.4, 0.5) is 5.69 Å². The zero-order chi connectivity index (χ0) is 26.3. The first-order valence-electron chi connectivity index (χ1n) is 12.4. The van der Waals surface area contributed by atoms with Crippen molar-refractivity contribution in [2.45, 2.75) is 59.0 Å². The Morgan fingerprint density at radius 1 is 0.944 bits per heavy atom. The molecule has 5 nitrogen and oxygen atoms in total. The minimum atomic E-state index is -1.92. The summed E-state index contributed by atoms with van der Waals surface area (Å²) in [7, 11) is 0. The van der Waals surface area contributed by atoms with E-state index in [0.29, 0.717) is 16.8 Å². The number of carbonyl (C=O) groups is 2. The van der Waals surface area contributed by atoms with Gasteiger partial charge in [-0.2, -0.15) is 0 Å². The number of benzene rings is 3. The fraction of sp³-hybridized carbons (Fsp3) is 0.355. The Morgan fingerprint density at radius 2 is 1.56 bits per heavy atom. The van der Waals surface area contributed by atoms with Gasteiger partial charge in [-0.15, -0.1) is 0 Å². The molecule has 0 spiro atoms. The van der Waals surface area contributed by atoms with Gasteiger partial charge in [0.2, 0.25) is 0 Å². The molecule has 5 heteroatoms. The van der Waals surface area contributed by atoms with E-state index in [-0.39, 0.29) is 30.8 Å². The summed E-state index contributed by atoms with van der Waals surface area (Å²) in [5, 5.41) is 11.7. The van der Waals surface area contributed by atoms with Crippen LogP contribution in [0.5, 0.6) is 5.75 Å². The van der Waals surface area contributed by atoms with Crippen molar-refractivity contribution < 1.29 is 19.4 Å². The number of aliphatic hydroxyl groups is 1. The first kappa shape index (κ1) is 25.6. The summed E-state index contributed by atoms with van der Waals surface area (Å²) in [5.74, 6) is 0.0219. The quantitative estimate of drug-likeness (QED) is 0.430. The maximum absolute atomic E-state index is 13.6. The summed E-state index contributed by atoms with van der Waals surface area (Å²) in [6, 6.07) is 18.9. The minimum absolute atomic E-state index is 0.0451. The number of ketones is 1. The normalized spacial score (nSPS) is 17.3. The molecule has 0 radical (unpaired) electrons. The van der Waals surface area contributed by atoms with E-state index >= 15 is 0 Å². The molecule has 0 fully saturated rings. The second-order valence-corrected chi connectivity index (χ2v) is 10.8. The van der Waals surface area contributed by atoms with Crippen LogP contribution in [-0.2, 0) is 15.8 Å². The number of rotatable bonds is 7. The Balaban J connectivity index is 1.59. The number of ether oxygens (including phenoxy) is 1. The Labute approximate surface area is 213 Å². The molecule has 1 atom stereocenters. The van der Waals surface area contributed by atoms with Gasteiger partial charge >= 0.3 is 0 Å². The lowest BCUT2D eigenvalue weighted by Gasteiger charge is -2.25. The average Bonchev–Trinajstić information content (AvgIpc) is 3.01. The minimum Gasteiger partial charge on any atom is -0.491 e. The van der Waals surface area contributed by atoms with E-state index in [2.05, 4.69) is 20.8 Å². The van der Waals surface area contributed by atoms with E-state index in [1.165, 1.54) is 4.90 Å². The van der Waals surface area contributed by atoms with Crippen LogP contribution in [0.2, 0.25) is 0 Å². The van der Waals surface area contributed by atoms with Crippen LogP contribution in [0.1, 0.15) is 65.4 Å². The maximum atomic E-state index is 13.6. The summed E-state index contributed by atoms with van der Waals surface area (Å²) in [4.78, 5) is 28.7. The molecule has 3 aromatic carbocycles. The van der Waals surface area contributed by atoms with Crippen molar-refractivity contribution in [3.63, 3.8) is 0 Å². The standard InChI is InChI=1S/C31H35NO4/c1-20-11-7-10-14-27(20)36-16-15-32-25-13-9-8-12-24(25)31(35,29(32)34)19-26(33)28-21(2)17-23(18-22(28)3)30(4,5)6/h7-14,17-18,35H,15-16,19H2,1-6H3. The molecule has 36 heavy (non-hydrogen) atoms. The predicted octanol–water partition coefficient (Wildman–Crippen LogP) is 5.80. The highest BCUT2D eigenvalue weighted by molar-refractivity contribution is 6.11. The largest absolute Gasteiger partial charge is 0.491 e. The molecule has 0 saturated carbocycles. The Morgan fingerprint density at radius 3 is 2.19 bits per heavy atom. The van der Waals surface area contributed by atoms with Crippen molar-refractivity contribution in [3.05, 3.63) is 94.0 Å². The van der Waals surface area contributed by atoms with E-state index in [4.69, 9.17) is 4.74 Å². The first-order valence-corrected chi connectivity index (χ1v) is 12.4. The molecule has 1 heterocycles. The van der Waals surface area contributed by atoms with E-state index in [0.717, 1.165) is 28.0 Å². The van der Waals surface area contributed by atoms with Crippen molar-refractivity contribution in [1.82, 2.24) is 0 Å². The highest BCUT2D eigenvalue weighted by atomic mass is 16.5. The van der Waals surface area contributed by atoms with E-state index in [9.17, 15) is 14.7 Å². The van der Waals surface area contributed by atoms with Gasteiger partial charge in [0.05, 0.1) is 18.7 Å². The Kier molecular flexibility index (Phi) is 6.80. The molecular weight excluding hydrogens is 450 g/mol. The van der Waals surface area contributed by atoms with Crippen LogP contribution in [0.3, 0.4) is 0 Å². The molecule has 0 bridgehead atoms. The fourth-order valence-electron chi connectivity index (χ4n) is 5.02. The third-order valence-electron chi connectivity index (χ3n) is 7.00. The molecule has 1 aliphatic rings. The number of Topliss-reactive ketones (excluding diaryl/α,β-unsaturated/α-hetero) is 1. The summed E-state index contributed by atoms with van der Waals surface area (Å²) < 4.78 is 5.91. The number of hydrogen-bond acceptors (Lipinski definition) is 4. The third-order valence-corrected chi connectivity index (χ3v) is 7.00. The number of para-hydroxylation sites is 2. The molecule has 0 saturated heterocycles. The lowest BCUT2D eigenvalue weighted by atomic mass is 9.81. The zero-order valence-corrected chi connectivity index (χ0v) is 22.0. The molecule has 0 aliphatic carbocycles. The van der Waals surface area contributed by atoms with Crippen LogP contribution < -0.4 is 9.64 Å². The Bertz CT molecular complexity index is 1300. The lowest BCUT2D eigenvalue weighted by molar-refractivity contribution is -0.135. The number of hydrogen-bond donors (Lipinski definition) is 1. The highest BCUT2D eigenvalue weighted by Crippen LogP contribution is 2.43. The number of carbonyl (C=O) groups excluding carboxylic acids is 2. The summed E-state index contributed by atoms with van der Waals surface area (Å²) >= 11 is 0. The molecule has 0 aromatic heterocycles. The molecular formula is C31H35NO4. The summed E-state index contributed by atoms with van der Waals surface area (Å²) in [5.41, 5.74) is 3.55. The zero-order valence-electron chi connectivity index (χ0n) is 22.0. The second kappa shape index (κ2) is 9.55. The highest BCUT2D eigenvalue weighted by Gasteiger charge is 2.50. The van der Waals surface area contributed by atoms with Crippen LogP contribution in [0.15, 0.2) is 60.7 Å². The van der Waals surface area contributed by atoms with Gasteiger partial charge in [-0.25, -0.2) is 0 Å². The number of amides is 1. The van der Waals surface area contributed by atoms with Crippen LogP contribution >= 0.6 is 0 Å². The van der Waals surface area contributed by atoms with E-state index in [1.54, 1.807) is 18.2 Å². The van der Waals surface area contributed by atoms with Crippen molar-refractivity contribution in [3.8, 4) is 5.75 Å².